The maximum atomic E-state index is 12.9. The normalized spacial score (nSPS) is 18.9. The minimum Gasteiger partial charge on any atom is -0.499 e. The van der Waals surface area contributed by atoms with Gasteiger partial charge in [0.05, 0.1) is 13.2 Å². The van der Waals surface area contributed by atoms with Crippen molar-refractivity contribution in [2.24, 2.45) is 0 Å². The summed E-state index contributed by atoms with van der Waals surface area (Å²) in [6.07, 6.45) is 5.36. The van der Waals surface area contributed by atoms with Crippen LogP contribution in [0.4, 0.5) is 0 Å². The average molecular weight is 308 g/mol. The molecule has 0 aromatic carbocycles. The van der Waals surface area contributed by atoms with Crippen LogP contribution in [0, 0.1) is 0 Å². The van der Waals surface area contributed by atoms with Gasteiger partial charge in [-0.25, -0.2) is 0 Å². The highest BCUT2D eigenvalue weighted by Gasteiger charge is 2.37. The first-order chi connectivity index (χ1) is 10.5. The van der Waals surface area contributed by atoms with E-state index < -0.39 is 6.04 Å². The number of carbonyl (C=O) groups excluding carboxylic acids is 2. The first-order valence-electron chi connectivity index (χ1n) is 8.06. The van der Waals surface area contributed by atoms with E-state index in [4.69, 9.17) is 4.74 Å². The smallest absolute Gasteiger partial charge is 0.250 e. The fourth-order valence-corrected chi connectivity index (χ4v) is 2.70. The molecule has 0 radical (unpaired) electrons. The Morgan fingerprint density at radius 2 is 2.05 bits per heavy atom. The van der Waals surface area contributed by atoms with Gasteiger partial charge in [-0.05, 0) is 12.8 Å². The number of nitrogens with one attached hydrogen (secondary N) is 1. The van der Waals surface area contributed by atoms with E-state index >= 15 is 0 Å². The van der Waals surface area contributed by atoms with Crippen molar-refractivity contribution >= 4 is 11.8 Å². The quantitative estimate of drug-likeness (QED) is 0.750. The van der Waals surface area contributed by atoms with E-state index in [0.717, 1.165) is 25.0 Å². The second-order valence-electron chi connectivity index (χ2n) is 5.52. The Morgan fingerprint density at radius 3 is 2.55 bits per heavy atom. The fourth-order valence-electron chi connectivity index (χ4n) is 2.70. The van der Waals surface area contributed by atoms with E-state index in [1.165, 1.54) is 0 Å². The van der Waals surface area contributed by atoms with Crippen molar-refractivity contribution in [3.8, 4) is 0 Å². The van der Waals surface area contributed by atoms with Crippen molar-refractivity contribution in [2.45, 2.75) is 65.0 Å². The molecule has 0 aromatic rings. The van der Waals surface area contributed by atoms with Gasteiger partial charge in [0.1, 0.15) is 11.8 Å². The van der Waals surface area contributed by atoms with Crippen LogP contribution in [0.5, 0.6) is 0 Å². The molecule has 0 saturated carbocycles. The van der Waals surface area contributed by atoms with Crippen LogP contribution < -0.4 is 5.32 Å². The molecule has 0 fully saturated rings. The van der Waals surface area contributed by atoms with Crippen molar-refractivity contribution < 1.29 is 14.3 Å². The van der Waals surface area contributed by atoms with E-state index in [-0.39, 0.29) is 17.9 Å². The summed E-state index contributed by atoms with van der Waals surface area (Å²) in [5, 5.41) is 2.83. The van der Waals surface area contributed by atoms with Crippen LogP contribution in [-0.2, 0) is 14.3 Å². The van der Waals surface area contributed by atoms with Gasteiger partial charge in [-0.3, -0.25) is 9.59 Å². The summed E-state index contributed by atoms with van der Waals surface area (Å²) in [7, 11) is 1.61. The minimum atomic E-state index is -0.502. The first kappa shape index (κ1) is 18.3. The summed E-state index contributed by atoms with van der Waals surface area (Å²) in [6.45, 7) is 9.81. The molecular weight excluding hydrogens is 280 g/mol. The predicted octanol–water partition coefficient (Wildman–Crippen LogP) is 2.74. The van der Waals surface area contributed by atoms with Crippen molar-refractivity contribution in [3.63, 3.8) is 0 Å². The summed E-state index contributed by atoms with van der Waals surface area (Å²) < 4.78 is 5.39. The second kappa shape index (κ2) is 8.61. The largest absolute Gasteiger partial charge is 0.499 e. The fraction of sp³-hybridized carbons (Fsp3) is 0.647. The van der Waals surface area contributed by atoms with Crippen molar-refractivity contribution in [2.75, 3.05) is 7.11 Å². The van der Waals surface area contributed by atoms with Gasteiger partial charge in [-0.2, -0.15) is 0 Å². The molecule has 22 heavy (non-hydrogen) atoms. The van der Waals surface area contributed by atoms with Crippen LogP contribution >= 0.6 is 0 Å². The van der Waals surface area contributed by atoms with Gasteiger partial charge in [-0.1, -0.05) is 40.2 Å². The highest BCUT2D eigenvalue weighted by molar-refractivity contribution is 5.89. The second-order valence-corrected chi connectivity index (χ2v) is 5.52. The van der Waals surface area contributed by atoms with Crippen molar-refractivity contribution in [3.05, 3.63) is 24.1 Å². The maximum absolute atomic E-state index is 12.9. The Bertz CT molecular complexity index is 457. The third kappa shape index (κ3) is 4.12. The monoisotopic (exact) mass is 308 g/mol. The topological polar surface area (TPSA) is 58.6 Å². The van der Waals surface area contributed by atoms with Crippen LogP contribution in [0.1, 0.15) is 52.9 Å². The molecule has 1 N–H and O–H groups in total. The number of carbonyl (C=O) groups is 2. The lowest BCUT2D eigenvalue weighted by molar-refractivity contribution is -0.136. The molecule has 0 spiro atoms. The summed E-state index contributed by atoms with van der Waals surface area (Å²) in [6, 6.07) is -0.619. The Hall–Kier alpha value is -1.78. The lowest BCUT2D eigenvalue weighted by Crippen LogP contribution is -2.50. The number of hydrogen-bond donors (Lipinski definition) is 1. The first-order valence-corrected chi connectivity index (χ1v) is 8.06. The summed E-state index contributed by atoms with van der Waals surface area (Å²) in [5.41, 5.74) is 0.632. The number of methoxy groups -OCH3 is 1. The van der Waals surface area contributed by atoms with Gasteiger partial charge < -0.3 is 15.0 Å². The predicted molar refractivity (Wildman–Crippen MR) is 86.9 cm³/mol. The van der Waals surface area contributed by atoms with Crippen LogP contribution in [0.15, 0.2) is 24.1 Å². The zero-order valence-electron chi connectivity index (χ0n) is 14.1. The molecule has 5 heteroatoms. The molecule has 0 bridgehead atoms. The zero-order valence-corrected chi connectivity index (χ0v) is 14.1. The Morgan fingerprint density at radius 1 is 1.36 bits per heavy atom. The van der Waals surface area contributed by atoms with E-state index in [1.54, 1.807) is 18.9 Å². The van der Waals surface area contributed by atoms with E-state index in [9.17, 15) is 9.59 Å². The van der Waals surface area contributed by atoms with Gasteiger partial charge in [0.25, 0.3) is 0 Å². The van der Waals surface area contributed by atoms with Crippen LogP contribution in [0.3, 0.4) is 0 Å². The van der Waals surface area contributed by atoms with Crippen LogP contribution in [-0.4, -0.2) is 35.9 Å². The summed E-state index contributed by atoms with van der Waals surface area (Å²) in [5.74, 6) is 0.552. The van der Waals surface area contributed by atoms with E-state index in [2.05, 4.69) is 18.8 Å². The lowest BCUT2D eigenvalue weighted by atomic mass is 10.1. The SMILES string of the molecule is C=C1C=C(OC)[C@@H](CCC)N1C(=O)[C@H](CCC)NC(=O)CC. The van der Waals surface area contributed by atoms with Crippen molar-refractivity contribution in [1.82, 2.24) is 10.2 Å². The minimum absolute atomic E-state index is 0.101. The number of ether oxygens (including phenoxy) is 1. The molecule has 124 valence electrons. The molecular formula is C17H28N2O3. The standard InChI is InChI=1S/C17H28N2O3/c1-6-9-13(18-16(20)8-3)17(21)19-12(4)11-15(22-5)14(19)10-7-2/h11,13-14H,4,6-10H2,1-3,5H3,(H,18,20)/t13-,14+/m0/s1. The third-order valence-corrected chi connectivity index (χ3v) is 3.83. The van der Waals surface area contributed by atoms with E-state index in [1.807, 2.05) is 13.0 Å². The maximum Gasteiger partial charge on any atom is 0.250 e. The van der Waals surface area contributed by atoms with Gasteiger partial charge >= 0.3 is 0 Å². The van der Waals surface area contributed by atoms with Crippen LogP contribution in [0.25, 0.3) is 0 Å². The Kier molecular flexibility index (Phi) is 7.15. The molecule has 1 heterocycles. The number of rotatable bonds is 8. The molecule has 0 aliphatic carbocycles. The molecule has 1 rings (SSSR count). The summed E-state index contributed by atoms with van der Waals surface area (Å²) >= 11 is 0. The molecule has 0 unspecified atom stereocenters. The number of nitrogens with zero attached hydrogens (tertiary/aromatic N) is 1. The third-order valence-electron chi connectivity index (χ3n) is 3.83. The molecule has 2 amide bonds. The summed E-state index contributed by atoms with van der Waals surface area (Å²) in [4.78, 5) is 26.3. The highest BCUT2D eigenvalue weighted by Crippen LogP contribution is 2.30. The highest BCUT2D eigenvalue weighted by atomic mass is 16.5. The molecule has 1 aliphatic heterocycles. The molecule has 5 nitrogen and oxygen atoms in total. The number of allylic oxidation sites excluding steroid dienone is 1. The molecule has 0 aromatic heterocycles. The molecule has 1 aliphatic rings. The molecule has 2 atom stereocenters. The molecule has 0 saturated heterocycles. The Balaban J connectivity index is 2.95. The van der Waals surface area contributed by atoms with E-state index in [0.29, 0.717) is 18.5 Å². The number of hydrogen-bond acceptors (Lipinski definition) is 3. The average Bonchev–Trinajstić information content (AvgIpc) is 2.82. The lowest BCUT2D eigenvalue weighted by Gasteiger charge is -2.30. The van der Waals surface area contributed by atoms with Gasteiger partial charge in [0, 0.05) is 18.2 Å². The van der Waals surface area contributed by atoms with Gasteiger partial charge in [0.15, 0.2) is 0 Å². The van der Waals surface area contributed by atoms with Crippen molar-refractivity contribution in [1.29, 1.82) is 0 Å². The van der Waals surface area contributed by atoms with Gasteiger partial charge in [0.2, 0.25) is 11.8 Å². The number of amides is 2. The Labute approximate surface area is 133 Å². The van der Waals surface area contributed by atoms with Crippen LogP contribution in [0.2, 0.25) is 0 Å². The van der Waals surface area contributed by atoms with Gasteiger partial charge in [-0.15, -0.1) is 0 Å². The zero-order chi connectivity index (χ0) is 16.7.